The van der Waals surface area contributed by atoms with E-state index in [9.17, 15) is 18.0 Å². The summed E-state index contributed by atoms with van der Waals surface area (Å²) in [5.41, 5.74) is 4.87. The van der Waals surface area contributed by atoms with Gasteiger partial charge in [0, 0.05) is 53.4 Å². The highest BCUT2D eigenvalue weighted by Gasteiger charge is 2.31. The number of aromatic nitrogens is 3. The molecule has 1 aromatic carbocycles. The summed E-state index contributed by atoms with van der Waals surface area (Å²) < 4.78 is 47.0. The van der Waals surface area contributed by atoms with Crippen molar-refractivity contribution in [3.8, 4) is 5.75 Å². The molecule has 39 heavy (non-hydrogen) atoms. The zero-order chi connectivity index (χ0) is 28.3. The molecule has 0 radical (unpaired) electrons. The number of benzene rings is 1. The van der Waals surface area contributed by atoms with Crippen LogP contribution >= 0.6 is 0 Å². The number of nitrogens with zero attached hydrogens (tertiary/aromatic N) is 3. The molecule has 4 aromatic rings. The molecule has 0 saturated heterocycles. The van der Waals surface area contributed by atoms with Gasteiger partial charge in [-0.05, 0) is 56.2 Å². The van der Waals surface area contributed by atoms with Crippen LogP contribution in [-0.2, 0) is 19.3 Å². The predicted octanol–water partition coefficient (Wildman–Crippen LogP) is 6.19. The minimum Gasteiger partial charge on any atom is -0.487 e. The minimum atomic E-state index is -4.56. The standard InChI is InChI=1S/C30H29F3N4O2/c1-6-18(2)28(34-5)23-14-20(4)36-29-22(23)8-7-9-26(29)39-17-24-19(3)12-13-35-25(24)16-37-15-21(30(31,32)33)10-11-27(37)38/h6-15,34H,1,16-17H2,2-5H3/b28-18-. The van der Waals surface area contributed by atoms with E-state index in [0.717, 1.165) is 56.4 Å². The lowest BCUT2D eigenvalue weighted by molar-refractivity contribution is -0.138. The minimum absolute atomic E-state index is 0.0905. The van der Waals surface area contributed by atoms with Gasteiger partial charge in [0.05, 0.1) is 17.8 Å². The first-order valence-corrected chi connectivity index (χ1v) is 12.3. The number of pyridine rings is 3. The molecule has 3 heterocycles. The number of hydrogen-bond donors (Lipinski definition) is 1. The van der Waals surface area contributed by atoms with E-state index in [1.54, 1.807) is 18.3 Å². The van der Waals surface area contributed by atoms with Crippen LogP contribution < -0.4 is 15.6 Å². The molecule has 0 unspecified atom stereocenters. The van der Waals surface area contributed by atoms with Gasteiger partial charge in [-0.2, -0.15) is 13.2 Å². The smallest absolute Gasteiger partial charge is 0.417 e. The van der Waals surface area contributed by atoms with E-state index < -0.39 is 17.3 Å². The van der Waals surface area contributed by atoms with Crippen molar-refractivity contribution in [2.24, 2.45) is 0 Å². The summed E-state index contributed by atoms with van der Waals surface area (Å²) in [4.78, 5) is 21.5. The van der Waals surface area contributed by atoms with Gasteiger partial charge in [0.25, 0.3) is 5.56 Å². The lowest BCUT2D eigenvalue weighted by Crippen LogP contribution is -2.23. The highest BCUT2D eigenvalue weighted by molar-refractivity contribution is 5.95. The SMILES string of the molecule is C=C/C(C)=C(\NC)c1cc(C)nc2c(OCc3c(C)ccnc3Cn3cc(C(F)(F)F)ccc3=O)cccc12. The van der Waals surface area contributed by atoms with Crippen LogP contribution in [0.25, 0.3) is 16.6 Å². The van der Waals surface area contributed by atoms with E-state index in [1.165, 1.54) is 0 Å². The number of hydrogen-bond acceptors (Lipinski definition) is 5. The Morgan fingerprint density at radius 3 is 2.64 bits per heavy atom. The van der Waals surface area contributed by atoms with E-state index in [4.69, 9.17) is 9.72 Å². The van der Waals surface area contributed by atoms with Crippen molar-refractivity contribution < 1.29 is 17.9 Å². The molecule has 0 amide bonds. The summed E-state index contributed by atoms with van der Waals surface area (Å²) >= 11 is 0. The Hall–Kier alpha value is -4.40. The van der Waals surface area contributed by atoms with E-state index in [0.29, 0.717) is 22.5 Å². The van der Waals surface area contributed by atoms with E-state index in [2.05, 4.69) is 16.9 Å². The van der Waals surface area contributed by atoms with Gasteiger partial charge in [-0.3, -0.25) is 9.78 Å². The van der Waals surface area contributed by atoms with Crippen LogP contribution in [0.2, 0.25) is 0 Å². The number of rotatable bonds is 8. The number of halogens is 3. The van der Waals surface area contributed by atoms with Crippen LogP contribution in [0.3, 0.4) is 0 Å². The van der Waals surface area contributed by atoms with Crippen LogP contribution in [0.5, 0.6) is 5.75 Å². The van der Waals surface area contributed by atoms with Crippen LogP contribution in [0, 0.1) is 13.8 Å². The molecule has 1 N–H and O–H groups in total. The lowest BCUT2D eigenvalue weighted by Gasteiger charge is -2.17. The molecule has 202 valence electrons. The fraction of sp³-hybridized carbons (Fsp3) is 0.233. The van der Waals surface area contributed by atoms with E-state index in [1.807, 2.05) is 52.1 Å². The first-order valence-electron chi connectivity index (χ1n) is 12.3. The maximum Gasteiger partial charge on any atom is 0.417 e. The second-order valence-electron chi connectivity index (χ2n) is 9.20. The third-order valence-corrected chi connectivity index (χ3v) is 6.53. The molecular weight excluding hydrogens is 505 g/mol. The van der Waals surface area contributed by atoms with Crippen LogP contribution in [0.4, 0.5) is 13.2 Å². The van der Waals surface area contributed by atoms with Crippen LogP contribution in [0.1, 0.15) is 40.6 Å². The Balaban J connectivity index is 1.72. The summed E-state index contributed by atoms with van der Waals surface area (Å²) in [7, 11) is 1.85. The Bertz CT molecular complexity index is 1640. The molecule has 0 atom stereocenters. The Morgan fingerprint density at radius 2 is 1.95 bits per heavy atom. The molecule has 0 spiro atoms. The molecule has 3 aromatic heterocycles. The van der Waals surface area contributed by atoms with Gasteiger partial charge in [0.1, 0.15) is 17.9 Å². The van der Waals surface area contributed by atoms with Crippen molar-refractivity contribution >= 4 is 16.6 Å². The molecule has 0 aliphatic heterocycles. The zero-order valence-corrected chi connectivity index (χ0v) is 22.2. The maximum atomic E-state index is 13.2. The van der Waals surface area contributed by atoms with Crippen molar-refractivity contribution in [2.75, 3.05) is 7.05 Å². The average molecular weight is 535 g/mol. The number of ether oxygens (including phenoxy) is 1. The number of para-hydroxylation sites is 1. The molecule has 0 saturated carbocycles. The second-order valence-corrected chi connectivity index (χ2v) is 9.20. The molecule has 0 aliphatic rings. The molecule has 0 fully saturated rings. The number of aryl methyl sites for hydroxylation is 2. The van der Waals surface area contributed by atoms with Crippen molar-refractivity contribution in [1.82, 2.24) is 19.9 Å². The molecule has 6 nitrogen and oxygen atoms in total. The number of fused-ring (bicyclic) bond motifs is 1. The van der Waals surface area contributed by atoms with Crippen LogP contribution in [-0.4, -0.2) is 21.6 Å². The number of nitrogens with one attached hydrogen (secondary N) is 1. The summed E-state index contributed by atoms with van der Waals surface area (Å²) in [6.45, 7) is 9.60. The summed E-state index contributed by atoms with van der Waals surface area (Å²) in [6.07, 6.45) is -0.397. The zero-order valence-electron chi connectivity index (χ0n) is 22.2. The molecule has 0 aliphatic carbocycles. The third-order valence-electron chi connectivity index (χ3n) is 6.53. The van der Waals surface area contributed by atoms with Crippen LogP contribution in [0.15, 0.2) is 77.9 Å². The molecule has 9 heteroatoms. The Morgan fingerprint density at radius 1 is 1.18 bits per heavy atom. The van der Waals surface area contributed by atoms with Gasteiger partial charge < -0.3 is 14.6 Å². The van der Waals surface area contributed by atoms with Gasteiger partial charge in [-0.25, -0.2) is 4.98 Å². The molecule has 4 rings (SSSR count). The van der Waals surface area contributed by atoms with E-state index in [-0.39, 0.29) is 13.2 Å². The molecular formula is C30H29F3N4O2. The number of allylic oxidation sites excluding steroid dienone is 2. The summed E-state index contributed by atoms with van der Waals surface area (Å²) in [5.74, 6) is 0.551. The van der Waals surface area contributed by atoms with Gasteiger partial charge in [0.2, 0.25) is 0 Å². The maximum absolute atomic E-state index is 13.2. The van der Waals surface area contributed by atoms with Crippen molar-refractivity contribution in [2.45, 2.75) is 40.1 Å². The topological polar surface area (TPSA) is 69.0 Å². The first kappa shape index (κ1) is 27.6. The van der Waals surface area contributed by atoms with Gasteiger partial charge in [-0.1, -0.05) is 24.8 Å². The first-order chi connectivity index (χ1) is 18.5. The predicted molar refractivity (Wildman–Crippen MR) is 146 cm³/mol. The quantitative estimate of drug-likeness (QED) is 0.273. The monoisotopic (exact) mass is 534 g/mol. The highest BCUT2D eigenvalue weighted by Crippen LogP contribution is 2.32. The van der Waals surface area contributed by atoms with E-state index >= 15 is 0 Å². The lowest BCUT2D eigenvalue weighted by atomic mass is 10.0. The Kier molecular flexibility index (Phi) is 7.90. The normalized spacial score (nSPS) is 12.3. The van der Waals surface area contributed by atoms with Gasteiger partial charge >= 0.3 is 6.18 Å². The van der Waals surface area contributed by atoms with Crippen molar-refractivity contribution in [3.63, 3.8) is 0 Å². The number of alkyl halides is 3. The third kappa shape index (κ3) is 5.87. The Labute approximate surface area is 224 Å². The van der Waals surface area contributed by atoms with Crippen molar-refractivity contribution in [1.29, 1.82) is 0 Å². The fourth-order valence-electron chi connectivity index (χ4n) is 4.43. The van der Waals surface area contributed by atoms with Crippen molar-refractivity contribution in [3.05, 3.63) is 117 Å². The van der Waals surface area contributed by atoms with Gasteiger partial charge in [-0.15, -0.1) is 0 Å². The summed E-state index contributed by atoms with van der Waals surface area (Å²) in [5, 5.41) is 4.15. The fourth-order valence-corrected chi connectivity index (χ4v) is 4.43. The second kappa shape index (κ2) is 11.1. The highest BCUT2D eigenvalue weighted by atomic mass is 19.4. The largest absolute Gasteiger partial charge is 0.487 e. The van der Waals surface area contributed by atoms with Gasteiger partial charge in [0.15, 0.2) is 0 Å². The summed E-state index contributed by atoms with van der Waals surface area (Å²) in [6, 6.07) is 11.2. The average Bonchev–Trinajstić information content (AvgIpc) is 2.89. The molecule has 0 bridgehead atoms.